The lowest BCUT2D eigenvalue weighted by molar-refractivity contribution is -0.274. The summed E-state index contributed by atoms with van der Waals surface area (Å²) >= 11 is 0. The largest absolute Gasteiger partial charge is 0.573 e. The lowest BCUT2D eigenvalue weighted by atomic mass is 9.89. The molecule has 4 rings (SSSR count). The average Bonchev–Trinajstić information content (AvgIpc) is 3.43. The molecule has 3 N–H and O–H groups in total. The number of carbonyl (C=O) groups is 2. The molecule has 0 radical (unpaired) electrons. The molecular formula is C34H44F5N5O4. The van der Waals surface area contributed by atoms with E-state index in [9.17, 15) is 22.8 Å². The van der Waals surface area contributed by atoms with Crippen molar-refractivity contribution >= 4 is 28.7 Å². The van der Waals surface area contributed by atoms with Gasteiger partial charge in [0.15, 0.2) is 5.65 Å². The lowest BCUT2D eigenvalue weighted by Crippen LogP contribution is -2.38. The highest BCUT2D eigenvalue weighted by Gasteiger charge is 2.37. The van der Waals surface area contributed by atoms with E-state index in [-0.39, 0.29) is 23.6 Å². The van der Waals surface area contributed by atoms with Crippen LogP contribution in [0, 0.1) is 5.92 Å². The number of hydrogen-bond donors (Lipinski definition) is 2. The van der Waals surface area contributed by atoms with Crippen molar-refractivity contribution in [1.82, 2.24) is 19.9 Å². The zero-order valence-electron chi connectivity index (χ0n) is 27.9. The van der Waals surface area contributed by atoms with Gasteiger partial charge in [0.25, 0.3) is 5.91 Å². The fourth-order valence-corrected chi connectivity index (χ4v) is 6.13. The number of hydrogen-bond acceptors (Lipinski definition) is 7. The number of ether oxygens (including phenoxy) is 2. The van der Waals surface area contributed by atoms with E-state index in [4.69, 9.17) is 10.5 Å². The maximum Gasteiger partial charge on any atom is 0.573 e. The monoisotopic (exact) mass is 681 g/mol. The lowest BCUT2D eigenvalue weighted by Gasteiger charge is -2.32. The van der Waals surface area contributed by atoms with Gasteiger partial charge in [-0.25, -0.2) is 18.7 Å². The Morgan fingerprint density at radius 1 is 1.06 bits per heavy atom. The Hall–Kier alpha value is -3.97. The van der Waals surface area contributed by atoms with Gasteiger partial charge in [0, 0.05) is 49.8 Å². The maximum atomic E-state index is 15.3. The number of likely N-dealkylation sites (tertiary alicyclic amines) is 1. The first kappa shape index (κ1) is 36.9. The van der Waals surface area contributed by atoms with Crippen molar-refractivity contribution in [1.29, 1.82) is 0 Å². The Balaban J connectivity index is 1.41. The van der Waals surface area contributed by atoms with Crippen molar-refractivity contribution in [2.45, 2.75) is 109 Å². The number of nitrogens with zero attached hydrogens (tertiary/aromatic N) is 3. The Morgan fingerprint density at radius 2 is 1.75 bits per heavy atom. The van der Waals surface area contributed by atoms with Crippen LogP contribution >= 0.6 is 0 Å². The normalized spacial score (nSPS) is 16.2. The van der Waals surface area contributed by atoms with Crippen molar-refractivity contribution in [3.8, 4) is 5.75 Å². The quantitative estimate of drug-likeness (QED) is 0.112. The molecule has 2 atom stereocenters. The molecule has 9 nitrogen and oxygen atoms in total. The van der Waals surface area contributed by atoms with Gasteiger partial charge in [-0.15, -0.1) is 13.2 Å². The molecule has 0 bridgehead atoms. The molecule has 3 aromatic rings. The van der Waals surface area contributed by atoms with E-state index in [2.05, 4.69) is 19.7 Å². The molecule has 0 aliphatic carbocycles. The standard InChI is InChI=1S/C34H44F5N5O4/c1-6-20(31(46)48-32(3,4)5)10-14-33(35,36)19-21(7-2)28-42-27-24(11-15-41-29(27)43-28)22-12-16-44(17-13-22)30(45)25-9-8-23(18-26(25)40)47-34(37,38)39/h8-9,11,15,18,20-22H,6-7,10,12-14,16-17,19,40H2,1-5H3,(H,41,42,43). The molecule has 1 saturated heterocycles. The van der Waals surface area contributed by atoms with Crippen LogP contribution in [-0.2, 0) is 9.53 Å². The highest BCUT2D eigenvalue weighted by Crippen LogP contribution is 2.38. The topological polar surface area (TPSA) is 123 Å². The summed E-state index contributed by atoms with van der Waals surface area (Å²) in [4.78, 5) is 39.5. The van der Waals surface area contributed by atoms with Crippen LogP contribution in [0.25, 0.3) is 11.2 Å². The number of halogens is 5. The van der Waals surface area contributed by atoms with Crippen LogP contribution in [0.5, 0.6) is 5.75 Å². The Morgan fingerprint density at radius 3 is 2.33 bits per heavy atom. The number of nitrogens with two attached hydrogens (primary N) is 1. The summed E-state index contributed by atoms with van der Waals surface area (Å²) in [6, 6.07) is 5.11. The van der Waals surface area contributed by atoms with E-state index >= 15 is 8.78 Å². The third-order valence-electron chi connectivity index (χ3n) is 8.67. The molecule has 1 aliphatic rings. The highest BCUT2D eigenvalue weighted by atomic mass is 19.4. The minimum absolute atomic E-state index is 0.0201. The van der Waals surface area contributed by atoms with Gasteiger partial charge < -0.3 is 25.1 Å². The Labute approximate surface area is 276 Å². The number of benzene rings is 1. The highest BCUT2D eigenvalue weighted by molar-refractivity contribution is 5.99. The number of fused-ring (bicyclic) bond motifs is 1. The summed E-state index contributed by atoms with van der Waals surface area (Å²) in [5.74, 6) is -5.12. The number of amides is 1. The van der Waals surface area contributed by atoms with Crippen molar-refractivity contribution in [3.05, 3.63) is 47.4 Å². The minimum atomic E-state index is -4.88. The summed E-state index contributed by atoms with van der Waals surface area (Å²) < 4.78 is 77.6. The van der Waals surface area contributed by atoms with Gasteiger partial charge in [0.2, 0.25) is 5.92 Å². The molecule has 2 unspecified atom stereocenters. The van der Waals surface area contributed by atoms with Crippen LogP contribution in [-0.4, -0.2) is 62.7 Å². The van der Waals surface area contributed by atoms with Gasteiger partial charge in [-0.1, -0.05) is 13.8 Å². The first-order valence-corrected chi connectivity index (χ1v) is 16.3. The van der Waals surface area contributed by atoms with Crippen LogP contribution in [0.3, 0.4) is 0 Å². The van der Waals surface area contributed by atoms with Gasteiger partial charge in [-0.2, -0.15) is 0 Å². The van der Waals surface area contributed by atoms with Crippen LogP contribution in [0.1, 0.15) is 113 Å². The maximum absolute atomic E-state index is 15.3. The summed E-state index contributed by atoms with van der Waals surface area (Å²) in [7, 11) is 0. The fourth-order valence-electron chi connectivity index (χ4n) is 6.13. The summed E-state index contributed by atoms with van der Waals surface area (Å²) in [5, 5.41) is 0. The smallest absolute Gasteiger partial charge is 0.460 e. The molecule has 1 aliphatic heterocycles. The number of piperidine rings is 1. The van der Waals surface area contributed by atoms with Crippen molar-refractivity contribution in [3.63, 3.8) is 0 Å². The number of anilines is 1. The number of H-pyrrole nitrogens is 1. The minimum Gasteiger partial charge on any atom is -0.460 e. The number of esters is 1. The molecule has 2 aromatic heterocycles. The number of rotatable bonds is 12. The number of carbonyl (C=O) groups excluding carboxylic acids is 2. The third kappa shape index (κ3) is 9.56. The number of alkyl halides is 5. The van der Waals surface area contributed by atoms with Gasteiger partial charge in [-0.05, 0) is 82.6 Å². The second-order valence-corrected chi connectivity index (χ2v) is 13.4. The number of aromatic amines is 1. The Bertz CT molecular complexity index is 1580. The van der Waals surface area contributed by atoms with Gasteiger partial charge in [0.1, 0.15) is 17.2 Å². The summed E-state index contributed by atoms with van der Waals surface area (Å²) in [6.07, 6.45) is -2.11. The second kappa shape index (κ2) is 14.7. The molecule has 0 spiro atoms. The molecule has 264 valence electrons. The van der Waals surface area contributed by atoms with Crippen LogP contribution in [0.4, 0.5) is 27.6 Å². The first-order chi connectivity index (χ1) is 22.4. The molecule has 1 aromatic carbocycles. The molecule has 48 heavy (non-hydrogen) atoms. The van der Waals surface area contributed by atoms with E-state index in [1.54, 1.807) is 38.8 Å². The van der Waals surface area contributed by atoms with Gasteiger partial charge in [-0.3, -0.25) is 9.59 Å². The summed E-state index contributed by atoms with van der Waals surface area (Å²) in [6.45, 7) is 9.61. The van der Waals surface area contributed by atoms with Crippen molar-refractivity contribution < 1.29 is 41.0 Å². The molecule has 1 amide bonds. The summed E-state index contributed by atoms with van der Waals surface area (Å²) in [5.41, 5.74) is 7.19. The third-order valence-corrected chi connectivity index (χ3v) is 8.67. The van der Waals surface area contributed by atoms with E-state index in [1.165, 1.54) is 6.07 Å². The van der Waals surface area contributed by atoms with E-state index in [0.717, 1.165) is 17.7 Å². The molecule has 1 fully saturated rings. The van der Waals surface area contributed by atoms with Crippen molar-refractivity contribution in [2.75, 3.05) is 18.8 Å². The molecule has 14 heteroatoms. The number of pyridine rings is 1. The van der Waals surface area contributed by atoms with Crippen LogP contribution < -0.4 is 10.5 Å². The Kier molecular flexibility index (Phi) is 11.3. The van der Waals surface area contributed by atoms with Crippen LogP contribution in [0.2, 0.25) is 0 Å². The van der Waals surface area contributed by atoms with Crippen molar-refractivity contribution in [2.24, 2.45) is 5.92 Å². The SMILES string of the molecule is CCC(CCC(F)(F)CC(CC)c1nc2nccc(C3CCN(C(=O)c4ccc(OC(F)(F)F)cc4N)CC3)c2[nH]1)C(=O)OC(C)(C)C. The van der Waals surface area contributed by atoms with Gasteiger partial charge >= 0.3 is 12.3 Å². The van der Waals surface area contributed by atoms with Gasteiger partial charge in [0.05, 0.1) is 17.0 Å². The zero-order valence-corrected chi connectivity index (χ0v) is 27.9. The number of imidazole rings is 1. The van der Waals surface area contributed by atoms with Crippen LogP contribution in [0.15, 0.2) is 30.5 Å². The number of nitrogen functional groups attached to an aromatic ring is 1. The number of aromatic nitrogens is 3. The molecular weight excluding hydrogens is 637 g/mol. The predicted octanol–water partition coefficient (Wildman–Crippen LogP) is 8.13. The zero-order chi connectivity index (χ0) is 35.4. The fraction of sp³-hybridized carbons (Fsp3) is 0.588. The van der Waals surface area contributed by atoms with E-state index in [1.807, 2.05) is 13.0 Å². The molecule has 3 heterocycles. The van der Waals surface area contributed by atoms with E-state index in [0.29, 0.717) is 55.8 Å². The number of nitrogens with one attached hydrogen (secondary N) is 1. The predicted molar refractivity (Wildman–Crippen MR) is 171 cm³/mol. The van der Waals surface area contributed by atoms with E-state index < -0.39 is 60.2 Å². The second-order valence-electron chi connectivity index (χ2n) is 13.4. The average molecular weight is 682 g/mol. The first-order valence-electron chi connectivity index (χ1n) is 16.3. The molecule has 0 saturated carbocycles.